The van der Waals surface area contributed by atoms with E-state index in [2.05, 4.69) is 59.1 Å². The van der Waals surface area contributed by atoms with Crippen LogP contribution in [0, 0.1) is 0 Å². The Morgan fingerprint density at radius 1 is 0.968 bits per heavy atom. The van der Waals surface area contributed by atoms with Gasteiger partial charge in [0.15, 0.2) is 0 Å². The summed E-state index contributed by atoms with van der Waals surface area (Å²) in [6.07, 6.45) is 8.84. The average Bonchev–Trinajstić information content (AvgIpc) is 2.78. The van der Waals surface area contributed by atoms with Crippen LogP contribution in [0.2, 0.25) is 0 Å². The van der Waals surface area contributed by atoms with E-state index in [4.69, 9.17) is 9.97 Å². The lowest BCUT2D eigenvalue weighted by molar-refractivity contribution is 0.483. The average molecular weight is 417 g/mol. The van der Waals surface area contributed by atoms with E-state index in [1.807, 2.05) is 18.5 Å². The van der Waals surface area contributed by atoms with Gasteiger partial charge in [-0.2, -0.15) is 4.98 Å². The van der Waals surface area contributed by atoms with Crippen molar-refractivity contribution in [1.82, 2.24) is 15.0 Å². The van der Waals surface area contributed by atoms with Gasteiger partial charge in [0.2, 0.25) is 5.95 Å². The molecule has 0 radical (unpaired) electrons. The van der Waals surface area contributed by atoms with Crippen LogP contribution in [0.5, 0.6) is 0 Å². The van der Waals surface area contributed by atoms with Crippen LogP contribution < -0.4 is 15.1 Å². The molecule has 1 N–H and O–H groups in total. The van der Waals surface area contributed by atoms with Gasteiger partial charge in [-0.05, 0) is 67.7 Å². The molecule has 31 heavy (non-hydrogen) atoms. The van der Waals surface area contributed by atoms with Gasteiger partial charge in [0, 0.05) is 49.1 Å². The Labute approximate surface area is 184 Å². The topological polar surface area (TPSA) is 57.2 Å². The predicted octanol–water partition coefficient (Wildman–Crippen LogP) is 5.48. The first-order chi connectivity index (χ1) is 15.1. The Morgan fingerprint density at radius 2 is 1.81 bits per heavy atom. The quantitative estimate of drug-likeness (QED) is 0.594. The molecule has 0 amide bonds. The van der Waals surface area contributed by atoms with Crippen LogP contribution in [0.1, 0.15) is 57.9 Å². The van der Waals surface area contributed by atoms with Crippen molar-refractivity contribution < 1.29 is 0 Å². The number of fused-ring (bicyclic) bond motifs is 1. The fourth-order valence-corrected chi connectivity index (χ4v) is 4.74. The normalized spacial score (nSPS) is 19.0. The van der Waals surface area contributed by atoms with Crippen molar-refractivity contribution in [1.29, 1.82) is 0 Å². The minimum atomic E-state index is 0.449. The molecular formula is C25H32N6. The molecule has 1 aromatic carbocycles. The van der Waals surface area contributed by atoms with Gasteiger partial charge in [0.1, 0.15) is 11.6 Å². The summed E-state index contributed by atoms with van der Waals surface area (Å²) in [6.45, 7) is 9.99. The van der Waals surface area contributed by atoms with Gasteiger partial charge in [-0.15, -0.1) is 0 Å². The molecule has 162 valence electrons. The highest BCUT2D eigenvalue weighted by molar-refractivity contribution is 5.98. The molecule has 6 heteroatoms. The first-order valence-corrected chi connectivity index (χ1v) is 11.6. The molecule has 1 atom stereocenters. The molecule has 0 bridgehead atoms. The summed E-state index contributed by atoms with van der Waals surface area (Å²) in [6, 6.07) is 9.26. The summed E-state index contributed by atoms with van der Waals surface area (Å²) in [5.41, 5.74) is 2.65. The highest BCUT2D eigenvalue weighted by Gasteiger charge is 2.26. The molecule has 3 aromatic rings. The number of nitrogens with zero attached hydrogens (tertiary/aromatic N) is 5. The third kappa shape index (κ3) is 3.91. The van der Waals surface area contributed by atoms with Crippen LogP contribution in [0.3, 0.4) is 0 Å². The number of aromatic nitrogens is 3. The second-order valence-electron chi connectivity index (χ2n) is 9.19. The molecule has 5 rings (SSSR count). The van der Waals surface area contributed by atoms with E-state index in [1.54, 1.807) is 0 Å². The van der Waals surface area contributed by atoms with Crippen molar-refractivity contribution >= 4 is 34.0 Å². The van der Waals surface area contributed by atoms with Crippen LogP contribution in [0.15, 0.2) is 36.7 Å². The van der Waals surface area contributed by atoms with Crippen molar-refractivity contribution in [2.75, 3.05) is 34.8 Å². The predicted molar refractivity (Wildman–Crippen MR) is 129 cm³/mol. The summed E-state index contributed by atoms with van der Waals surface area (Å²) in [5.74, 6) is 2.88. The Balaban J connectivity index is 1.47. The highest BCUT2D eigenvalue weighted by atomic mass is 15.3. The summed E-state index contributed by atoms with van der Waals surface area (Å²) in [4.78, 5) is 18.8. The third-order valence-corrected chi connectivity index (χ3v) is 6.70. The number of piperidine rings is 1. The zero-order valence-corrected chi connectivity index (χ0v) is 18.8. The maximum absolute atomic E-state index is 4.76. The number of hydrogen-bond donors (Lipinski definition) is 1. The summed E-state index contributed by atoms with van der Waals surface area (Å²) in [5, 5.41) is 5.93. The Hall–Kier alpha value is -2.89. The maximum atomic E-state index is 4.76. The minimum Gasteiger partial charge on any atom is -0.368 e. The zero-order chi connectivity index (χ0) is 21.4. The smallest absolute Gasteiger partial charge is 0.227 e. The van der Waals surface area contributed by atoms with E-state index in [9.17, 15) is 0 Å². The number of rotatable bonds is 5. The molecule has 6 nitrogen and oxygen atoms in total. The van der Waals surface area contributed by atoms with Crippen LogP contribution in [0.4, 0.5) is 23.3 Å². The maximum Gasteiger partial charge on any atom is 0.227 e. The monoisotopic (exact) mass is 416 g/mol. The molecule has 4 heterocycles. The van der Waals surface area contributed by atoms with Gasteiger partial charge in [0.05, 0.1) is 0 Å². The molecule has 0 aliphatic carbocycles. The number of nitrogens with one attached hydrogen (secondary N) is 1. The van der Waals surface area contributed by atoms with Crippen LogP contribution in [0.25, 0.3) is 10.8 Å². The molecule has 2 aromatic heterocycles. The largest absolute Gasteiger partial charge is 0.368 e. The van der Waals surface area contributed by atoms with Gasteiger partial charge in [-0.3, -0.25) is 0 Å². The fourth-order valence-electron chi connectivity index (χ4n) is 4.74. The van der Waals surface area contributed by atoms with E-state index in [1.165, 1.54) is 47.7 Å². The van der Waals surface area contributed by atoms with E-state index >= 15 is 0 Å². The van der Waals surface area contributed by atoms with Gasteiger partial charge in [-0.1, -0.05) is 19.9 Å². The zero-order valence-electron chi connectivity index (χ0n) is 18.8. The van der Waals surface area contributed by atoms with Crippen LogP contribution >= 0.6 is 0 Å². The molecule has 1 unspecified atom stereocenters. The minimum absolute atomic E-state index is 0.449. The van der Waals surface area contributed by atoms with Gasteiger partial charge in [0.25, 0.3) is 0 Å². The van der Waals surface area contributed by atoms with Crippen molar-refractivity contribution in [3.63, 3.8) is 0 Å². The summed E-state index contributed by atoms with van der Waals surface area (Å²) < 4.78 is 0. The third-order valence-electron chi connectivity index (χ3n) is 6.70. The molecule has 0 spiro atoms. The van der Waals surface area contributed by atoms with Crippen LogP contribution in [-0.4, -0.2) is 40.6 Å². The van der Waals surface area contributed by atoms with Crippen molar-refractivity contribution in [3.05, 3.63) is 42.2 Å². The first-order valence-electron chi connectivity index (χ1n) is 11.6. The van der Waals surface area contributed by atoms with E-state index in [0.29, 0.717) is 12.0 Å². The van der Waals surface area contributed by atoms with E-state index in [-0.39, 0.29) is 0 Å². The second kappa shape index (κ2) is 8.33. The molecule has 2 aliphatic rings. The number of pyridine rings is 1. The Bertz CT molecular complexity index is 1070. The molecule has 2 aliphatic heterocycles. The van der Waals surface area contributed by atoms with Crippen molar-refractivity contribution in [2.45, 2.75) is 58.4 Å². The molecule has 2 saturated heterocycles. The lowest BCUT2D eigenvalue weighted by Gasteiger charge is -2.41. The lowest BCUT2D eigenvalue weighted by Crippen LogP contribution is -2.45. The Morgan fingerprint density at radius 3 is 2.52 bits per heavy atom. The van der Waals surface area contributed by atoms with E-state index in [0.717, 1.165) is 37.2 Å². The van der Waals surface area contributed by atoms with Crippen LogP contribution in [-0.2, 0) is 0 Å². The Kier molecular flexibility index (Phi) is 5.38. The standard InChI is InChI=1S/C25H32N6/c1-17(2)19-7-8-22(31-14-10-18(31)3)21-16-27-24(15-20(19)21)28-23-9-11-26-25(29-23)30-12-5-4-6-13-30/h7-9,11,15-18H,4-6,10,12-14H2,1-3H3,(H,26,27,28,29). The lowest BCUT2D eigenvalue weighted by atomic mass is 9.94. The van der Waals surface area contributed by atoms with Gasteiger partial charge >= 0.3 is 0 Å². The SMILES string of the molecule is CC(C)c1ccc(N2CCC2C)c2cnc(Nc3ccnc(N4CCCCC4)n3)cc12. The molecule has 2 fully saturated rings. The van der Waals surface area contributed by atoms with Gasteiger partial charge in [-0.25, -0.2) is 9.97 Å². The molecular weight excluding hydrogens is 384 g/mol. The van der Waals surface area contributed by atoms with E-state index < -0.39 is 0 Å². The van der Waals surface area contributed by atoms with Crippen molar-refractivity contribution in [3.8, 4) is 0 Å². The van der Waals surface area contributed by atoms with Crippen molar-refractivity contribution in [2.24, 2.45) is 0 Å². The second-order valence-corrected chi connectivity index (χ2v) is 9.19. The number of hydrogen-bond acceptors (Lipinski definition) is 6. The summed E-state index contributed by atoms with van der Waals surface area (Å²) in [7, 11) is 0. The summed E-state index contributed by atoms with van der Waals surface area (Å²) >= 11 is 0. The highest BCUT2D eigenvalue weighted by Crippen LogP contribution is 2.37. The molecule has 0 saturated carbocycles. The number of benzene rings is 1. The number of anilines is 4. The first kappa shape index (κ1) is 20.0. The fraction of sp³-hybridized carbons (Fsp3) is 0.480. The van der Waals surface area contributed by atoms with Gasteiger partial charge < -0.3 is 15.1 Å².